The van der Waals surface area contributed by atoms with Gasteiger partial charge in [-0.25, -0.2) is 8.42 Å². The maximum absolute atomic E-state index is 11.9. The smallest absolute Gasteiger partial charge is 0.152 e. The highest BCUT2D eigenvalue weighted by molar-refractivity contribution is 7.91. The van der Waals surface area contributed by atoms with Crippen LogP contribution in [-0.4, -0.2) is 42.9 Å². The molecule has 2 heterocycles. The Morgan fingerprint density at radius 1 is 1.47 bits per heavy atom. The zero-order chi connectivity index (χ0) is 13.5. The van der Waals surface area contributed by atoms with Gasteiger partial charge in [-0.1, -0.05) is 6.07 Å². The van der Waals surface area contributed by atoms with E-state index in [0.717, 1.165) is 6.54 Å². The summed E-state index contributed by atoms with van der Waals surface area (Å²) >= 11 is 1.73. The molecule has 1 aliphatic carbocycles. The zero-order valence-electron chi connectivity index (χ0n) is 10.9. The summed E-state index contributed by atoms with van der Waals surface area (Å²) in [5, 5.41) is 2.07. The van der Waals surface area contributed by atoms with E-state index in [1.807, 2.05) is 6.07 Å². The van der Waals surface area contributed by atoms with Gasteiger partial charge in [-0.05, 0) is 30.7 Å². The molecule has 2 fully saturated rings. The fourth-order valence-electron chi connectivity index (χ4n) is 3.04. The molecule has 1 saturated carbocycles. The Labute approximate surface area is 118 Å². The van der Waals surface area contributed by atoms with E-state index in [4.69, 9.17) is 5.73 Å². The van der Waals surface area contributed by atoms with E-state index in [0.29, 0.717) is 19.0 Å². The lowest BCUT2D eigenvalue weighted by Crippen LogP contribution is -2.55. The van der Waals surface area contributed by atoms with Crippen molar-refractivity contribution in [3.63, 3.8) is 0 Å². The predicted molar refractivity (Wildman–Crippen MR) is 77.9 cm³/mol. The second kappa shape index (κ2) is 4.84. The van der Waals surface area contributed by atoms with Gasteiger partial charge in [0, 0.05) is 29.5 Å². The molecule has 3 rings (SSSR count). The number of sulfone groups is 1. The second-order valence-corrected chi connectivity index (χ2v) is 8.93. The summed E-state index contributed by atoms with van der Waals surface area (Å²) in [6.45, 7) is 1.28. The molecule has 1 aromatic heterocycles. The van der Waals surface area contributed by atoms with Crippen LogP contribution in [-0.2, 0) is 16.4 Å². The number of nitrogens with zero attached hydrogens (tertiary/aromatic N) is 1. The van der Waals surface area contributed by atoms with Crippen molar-refractivity contribution >= 4 is 21.2 Å². The minimum atomic E-state index is -2.91. The van der Waals surface area contributed by atoms with Gasteiger partial charge in [0.1, 0.15) is 0 Å². The van der Waals surface area contributed by atoms with Crippen molar-refractivity contribution in [1.29, 1.82) is 0 Å². The van der Waals surface area contributed by atoms with Gasteiger partial charge in [-0.2, -0.15) is 0 Å². The van der Waals surface area contributed by atoms with Crippen LogP contribution in [0.5, 0.6) is 0 Å². The first kappa shape index (κ1) is 13.5. The van der Waals surface area contributed by atoms with Crippen molar-refractivity contribution in [3.8, 4) is 0 Å². The molecule has 106 valence electrons. The lowest BCUT2D eigenvalue weighted by Gasteiger charge is -2.39. The Morgan fingerprint density at radius 3 is 2.74 bits per heavy atom. The van der Waals surface area contributed by atoms with Gasteiger partial charge in [-0.15, -0.1) is 11.3 Å². The normalized spacial score (nSPS) is 30.0. The highest BCUT2D eigenvalue weighted by Gasteiger charge is 2.49. The molecule has 1 aliphatic heterocycles. The Morgan fingerprint density at radius 2 is 2.26 bits per heavy atom. The Balaban J connectivity index is 1.86. The minimum absolute atomic E-state index is 0.234. The van der Waals surface area contributed by atoms with Crippen LogP contribution in [0.25, 0.3) is 0 Å². The SMILES string of the molecule is NCC1(N(Cc2cccs2)C2CC2)CCS(=O)(=O)C1. The Bertz CT molecular complexity index is 537. The molecule has 0 radical (unpaired) electrons. The molecule has 0 aromatic carbocycles. The third kappa shape index (κ3) is 2.72. The molecule has 0 spiro atoms. The highest BCUT2D eigenvalue weighted by atomic mass is 32.2. The van der Waals surface area contributed by atoms with Crippen LogP contribution >= 0.6 is 11.3 Å². The summed E-state index contributed by atoms with van der Waals surface area (Å²) in [4.78, 5) is 3.67. The standard InChI is InChI=1S/C13H20N2O2S2/c14-9-13(5-7-19(16,17)10-13)15(11-3-4-11)8-12-2-1-6-18-12/h1-2,6,11H,3-5,7-10,14H2. The molecule has 1 unspecified atom stereocenters. The van der Waals surface area contributed by atoms with Crippen molar-refractivity contribution in [3.05, 3.63) is 22.4 Å². The number of hydrogen-bond acceptors (Lipinski definition) is 5. The first-order valence-electron chi connectivity index (χ1n) is 6.74. The summed E-state index contributed by atoms with van der Waals surface area (Å²) in [6.07, 6.45) is 3.04. The van der Waals surface area contributed by atoms with Crippen LogP contribution in [0.4, 0.5) is 0 Å². The summed E-state index contributed by atoms with van der Waals surface area (Å²) in [5.41, 5.74) is 5.65. The Hall–Kier alpha value is -0.430. The maximum Gasteiger partial charge on any atom is 0.152 e. The minimum Gasteiger partial charge on any atom is -0.329 e. The average Bonchev–Trinajstić information content (AvgIpc) is 2.98. The largest absolute Gasteiger partial charge is 0.329 e. The van der Waals surface area contributed by atoms with E-state index in [1.54, 1.807) is 11.3 Å². The summed E-state index contributed by atoms with van der Waals surface area (Å²) < 4.78 is 23.8. The van der Waals surface area contributed by atoms with Gasteiger partial charge >= 0.3 is 0 Å². The number of hydrogen-bond donors (Lipinski definition) is 1. The van der Waals surface area contributed by atoms with Crippen molar-refractivity contribution in [1.82, 2.24) is 4.90 Å². The zero-order valence-corrected chi connectivity index (χ0v) is 12.5. The summed E-state index contributed by atoms with van der Waals surface area (Å²) in [7, 11) is -2.91. The first-order valence-corrected chi connectivity index (χ1v) is 9.44. The molecule has 4 nitrogen and oxygen atoms in total. The van der Waals surface area contributed by atoms with Crippen LogP contribution in [0.1, 0.15) is 24.1 Å². The van der Waals surface area contributed by atoms with Crippen LogP contribution in [0, 0.1) is 0 Å². The van der Waals surface area contributed by atoms with Crippen LogP contribution in [0.15, 0.2) is 17.5 Å². The third-order valence-corrected chi connectivity index (χ3v) is 6.91. The van der Waals surface area contributed by atoms with E-state index < -0.39 is 9.84 Å². The summed E-state index contributed by atoms with van der Waals surface area (Å²) in [5.74, 6) is 0.524. The lowest BCUT2D eigenvalue weighted by molar-refractivity contribution is 0.0989. The monoisotopic (exact) mass is 300 g/mol. The fourth-order valence-corrected chi connectivity index (χ4v) is 5.83. The number of nitrogens with two attached hydrogens (primary N) is 1. The van der Waals surface area contributed by atoms with E-state index in [-0.39, 0.29) is 17.0 Å². The summed E-state index contributed by atoms with van der Waals surface area (Å²) in [6, 6.07) is 4.69. The fraction of sp³-hybridized carbons (Fsp3) is 0.692. The first-order chi connectivity index (χ1) is 9.05. The van der Waals surface area contributed by atoms with Gasteiger partial charge in [0.2, 0.25) is 0 Å². The van der Waals surface area contributed by atoms with Gasteiger partial charge in [0.05, 0.1) is 11.5 Å². The lowest BCUT2D eigenvalue weighted by atomic mass is 9.96. The number of rotatable bonds is 5. The molecular formula is C13H20N2O2S2. The van der Waals surface area contributed by atoms with Gasteiger partial charge in [0.15, 0.2) is 9.84 Å². The second-order valence-electron chi connectivity index (χ2n) is 5.71. The third-order valence-electron chi connectivity index (χ3n) is 4.25. The van der Waals surface area contributed by atoms with Crippen molar-refractivity contribution < 1.29 is 8.42 Å². The number of thiophene rings is 1. The van der Waals surface area contributed by atoms with E-state index in [1.165, 1.54) is 17.7 Å². The molecule has 2 aliphatic rings. The van der Waals surface area contributed by atoms with E-state index in [9.17, 15) is 8.42 Å². The molecule has 2 N–H and O–H groups in total. The van der Waals surface area contributed by atoms with Crippen LogP contribution in [0.3, 0.4) is 0 Å². The maximum atomic E-state index is 11.9. The molecule has 0 amide bonds. The van der Waals surface area contributed by atoms with Crippen LogP contribution in [0.2, 0.25) is 0 Å². The molecule has 1 saturated heterocycles. The molecule has 0 bridgehead atoms. The van der Waals surface area contributed by atoms with Crippen molar-refractivity contribution in [2.45, 2.75) is 37.4 Å². The van der Waals surface area contributed by atoms with E-state index >= 15 is 0 Å². The van der Waals surface area contributed by atoms with Crippen molar-refractivity contribution in [2.24, 2.45) is 5.73 Å². The van der Waals surface area contributed by atoms with Crippen molar-refractivity contribution in [2.75, 3.05) is 18.1 Å². The Kier molecular flexibility index (Phi) is 3.45. The van der Waals surface area contributed by atoms with Gasteiger partial charge in [0.25, 0.3) is 0 Å². The molecule has 6 heteroatoms. The topological polar surface area (TPSA) is 63.4 Å². The average molecular weight is 300 g/mol. The quantitative estimate of drug-likeness (QED) is 0.888. The highest BCUT2D eigenvalue weighted by Crippen LogP contribution is 2.39. The van der Waals surface area contributed by atoms with E-state index in [2.05, 4.69) is 16.3 Å². The van der Waals surface area contributed by atoms with Crippen LogP contribution < -0.4 is 5.73 Å². The van der Waals surface area contributed by atoms with Gasteiger partial charge in [-0.3, -0.25) is 4.90 Å². The molecular weight excluding hydrogens is 280 g/mol. The molecule has 19 heavy (non-hydrogen) atoms. The van der Waals surface area contributed by atoms with Gasteiger partial charge < -0.3 is 5.73 Å². The molecule has 1 aromatic rings. The molecule has 1 atom stereocenters. The predicted octanol–water partition coefficient (Wildman–Crippen LogP) is 1.23.